The molecule has 0 aliphatic rings. The zero-order chi connectivity index (χ0) is 26.0. The average Bonchev–Trinajstić information content (AvgIpc) is 3.45. The zero-order valence-electron chi connectivity index (χ0n) is 22.3. The Morgan fingerprint density at radius 1 is 0.676 bits per heavy atom. The second-order valence-electron chi connectivity index (χ2n) is 9.47. The van der Waals surface area contributed by atoms with Gasteiger partial charge in [0.15, 0.2) is 0 Å². The number of esters is 1. The molecule has 0 amide bonds. The summed E-state index contributed by atoms with van der Waals surface area (Å²) in [6, 6.07) is 18.6. The van der Waals surface area contributed by atoms with Gasteiger partial charge in [0, 0.05) is 12.0 Å². The Bertz CT molecular complexity index is 981. The first-order valence-electron chi connectivity index (χ1n) is 13.9. The van der Waals surface area contributed by atoms with Gasteiger partial charge in [0.1, 0.15) is 18.1 Å². The van der Waals surface area contributed by atoms with E-state index in [1.165, 1.54) is 43.2 Å². The van der Waals surface area contributed by atoms with E-state index in [9.17, 15) is 4.79 Å². The minimum absolute atomic E-state index is 0.0808. The van der Waals surface area contributed by atoms with Crippen LogP contribution in [-0.2, 0) is 16.1 Å². The largest absolute Gasteiger partial charge is 0.494 e. The molecule has 0 aliphatic heterocycles. The SMILES string of the molecule is CCCCOc1ccc(-c2ccc(OCCCCCCCCCCC(=O)OCc3ccsc3)cc2)cc1. The zero-order valence-corrected chi connectivity index (χ0v) is 23.1. The summed E-state index contributed by atoms with van der Waals surface area (Å²) in [6.07, 6.45) is 12.0. The van der Waals surface area contributed by atoms with E-state index < -0.39 is 0 Å². The molecule has 0 aliphatic carbocycles. The van der Waals surface area contributed by atoms with E-state index in [2.05, 4.69) is 43.3 Å². The molecule has 1 aromatic heterocycles. The van der Waals surface area contributed by atoms with Crippen molar-refractivity contribution in [3.05, 3.63) is 70.9 Å². The van der Waals surface area contributed by atoms with Gasteiger partial charge in [0.25, 0.3) is 0 Å². The van der Waals surface area contributed by atoms with Crippen LogP contribution >= 0.6 is 11.3 Å². The highest BCUT2D eigenvalue weighted by molar-refractivity contribution is 7.07. The van der Waals surface area contributed by atoms with E-state index in [0.717, 1.165) is 62.4 Å². The minimum Gasteiger partial charge on any atom is -0.494 e. The van der Waals surface area contributed by atoms with Crippen molar-refractivity contribution in [3.8, 4) is 22.6 Å². The van der Waals surface area contributed by atoms with Gasteiger partial charge in [0.05, 0.1) is 13.2 Å². The van der Waals surface area contributed by atoms with Gasteiger partial charge in [0.2, 0.25) is 0 Å². The molecule has 0 fully saturated rings. The van der Waals surface area contributed by atoms with E-state index in [-0.39, 0.29) is 5.97 Å². The Balaban J connectivity index is 1.16. The lowest BCUT2D eigenvalue weighted by molar-refractivity contribution is -0.145. The van der Waals surface area contributed by atoms with Crippen LogP contribution in [0.5, 0.6) is 11.5 Å². The number of unbranched alkanes of at least 4 members (excludes halogenated alkanes) is 8. The normalized spacial score (nSPS) is 10.8. The van der Waals surface area contributed by atoms with E-state index in [1.807, 2.05) is 29.0 Å². The van der Waals surface area contributed by atoms with Crippen molar-refractivity contribution in [1.82, 2.24) is 0 Å². The maximum atomic E-state index is 11.8. The third-order valence-electron chi connectivity index (χ3n) is 6.33. The standard InChI is InChI=1S/C32H42O4S/c1-2-3-22-34-30-17-13-28(14-18-30)29-15-19-31(20-16-29)35-23-11-9-7-5-4-6-8-10-12-32(33)36-25-27-21-24-37-26-27/h13-21,24,26H,2-12,22-23,25H2,1H3. The monoisotopic (exact) mass is 522 g/mol. The highest BCUT2D eigenvalue weighted by atomic mass is 32.1. The second kappa shape index (κ2) is 17.6. The third kappa shape index (κ3) is 11.9. The third-order valence-corrected chi connectivity index (χ3v) is 7.06. The molecule has 2 aromatic carbocycles. The van der Waals surface area contributed by atoms with Gasteiger partial charge >= 0.3 is 5.97 Å². The van der Waals surface area contributed by atoms with Crippen LogP contribution < -0.4 is 9.47 Å². The fourth-order valence-electron chi connectivity index (χ4n) is 4.05. The molecule has 5 heteroatoms. The van der Waals surface area contributed by atoms with Gasteiger partial charge in [-0.25, -0.2) is 0 Å². The summed E-state index contributed by atoms with van der Waals surface area (Å²) in [4.78, 5) is 11.8. The molecule has 0 saturated carbocycles. The molecule has 3 aromatic rings. The van der Waals surface area contributed by atoms with Gasteiger partial charge < -0.3 is 14.2 Å². The molecule has 0 spiro atoms. The number of thiophene rings is 1. The fraction of sp³-hybridized carbons (Fsp3) is 0.469. The van der Waals surface area contributed by atoms with Gasteiger partial charge in [-0.3, -0.25) is 4.79 Å². The maximum absolute atomic E-state index is 11.8. The predicted molar refractivity (Wildman–Crippen MR) is 153 cm³/mol. The summed E-state index contributed by atoms with van der Waals surface area (Å²) in [5.74, 6) is 1.78. The summed E-state index contributed by atoms with van der Waals surface area (Å²) in [5.41, 5.74) is 3.44. The Hall–Kier alpha value is -2.79. The van der Waals surface area contributed by atoms with Crippen molar-refractivity contribution in [2.75, 3.05) is 13.2 Å². The van der Waals surface area contributed by atoms with E-state index in [4.69, 9.17) is 14.2 Å². The van der Waals surface area contributed by atoms with Crippen LogP contribution in [-0.4, -0.2) is 19.2 Å². The molecule has 0 N–H and O–H groups in total. The number of hydrogen-bond acceptors (Lipinski definition) is 5. The highest BCUT2D eigenvalue weighted by Crippen LogP contribution is 2.25. The molecule has 200 valence electrons. The quantitative estimate of drug-likeness (QED) is 0.116. The predicted octanol–water partition coefficient (Wildman–Crippen LogP) is 9.23. The summed E-state index contributed by atoms with van der Waals surface area (Å²) in [7, 11) is 0. The number of hydrogen-bond donors (Lipinski definition) is 0. The molecule has 0 atom stereocenters. The van der Waals surface area contributed by atoms with Crippen LogP contribution in [0.1, 0.15) is 83.1 Å². The Kier molecular flexibility index (Phi) is 13.7. The minimum atomic E-state index is -0.0808. The van der Waals surface area contributed by atoms with Crippen molar-refractivity contribution in [3.63, 3.8) is 0 Å². The van der Waals surface area contributed by atoms with E-state index in [1.54, 1.807) is 11.3 Å². The molecule has 3 rings (SSSR count). The van der Waals surface area contributed by atoms with E-state index >= 15 is 0 Å². The molecular weight excluding hydrogens is 480 g/mol. The molecule has 37 heavy (non-hydrogen) atoms. The van der Waals surface area contributed by atoms with Crippen LogP contribution in [0, 0.1) is 0 Å². The van der Waals surface area contributed by atoms with E-state index in [0.29, 0.717) is 13.0 Å². The van der Waals surface area contributed by atoms with Gasteiger partial charge in [-0.2, -0.15) is 11.3 Å². The number of benzene rings is 2. The van der Waals surface area contributed by atoms with Crippen LogP contribution in [0.25, 0.3) is 11.1 Å². The lowest BCUT2D eigenvalue weighted by Gasteiger charge is -2.09. The molecule has 4 nitrogen and oxygen atoms in total. The molecule has 0 radical (unpaired) electrons. The summed E-state index contributed by atoms with van der Waals surface area (Å²) in [6.45, 7) is 4.11. The number of carbonyl (C=O) groups excluding carboxylic acids is 1. The molecule has 0 bridgehead atoms. The average molecular weight is 523 g/mol. The summed E-state index contributed by atoms with van der Waals surface area (Å²) >= 11 is 1.63. The van der Waals surface area contributed by atoms with Crippen molar-refractivity contribution in [1.29, 1.82) is 0 Å². The van der Waals surface area contributed by atoms with Crippen molar-refractivity contribution in [2.24, 2.45) is 0 Å². The lowest BCUT2D eigenvalue weighted by atomic mass is 10.1. The van der Waals surface area contributed by atoms with Crippen LogP contribution in [0.3, 0.4) is 0 Å². The van der Waals surface area contributed by atoms with Crippen LogP contribution in [0.2, 0.25) is 0 Å². The van der Waals surface area contributed by atoms with Crippen LogP contribution in [0.4, 0.5) is 0 Å². The Morgan fingerprint density at radius 3 is 1.76 bits per heavy atom. The summed E-state index contributed by atoms with van der Waals surface area (Å²) < 4.78 is 17.0. The summed E-state index contributed by atoms with van der Waals surface area (Å²) in [5, 5.41) is 4.02. The van der Waals surface area contributed by atoms with Crippen molar-refractivity contribution in [2.45, 2.75) is 84.2 Å². The molecular formula is C32H42O4S. The van der Waals surface area contributed by atoms with Gasteiger partial charge in [-0.1, -0.05) is 76.1 Å². The number of carbonyl (C=O) groups is 1. The molecule has 0 saturated heterocycles. The van der Waals surface area contributed by atoms with Crippen molar-refractivity contribution < 1.29 is 19.0 Å². The smallest absolute Gasteiger partial charge is 0.306 e. The first-order chi connectivity index (χ1) is 18.2. The molecule has 1 heterocycles. The first kappa shape index (κ1) is 28.8. The topological polar surface area (TPSA) is 44.8 Å². The highest BCUT2D eigenvalue weighted by Gasteiger charge is 2.04. The fourth-order valence-corrected chi connectivity index (χ4v) is 4.71. The van der Waals surface area contributed by atoms with Crippen LogP contribution in [0.15, 0.2) is 65.4 Å². The van der Waals surface area contributed by atoms with Gasteiger partial charge in [-0.15, -0.1) is 0 Å². The maximum Gasteiger partial charge on any atom is 0.306 e. The molecule has 0 unspecified atom stereocenters. The van der Waals surface area contributed by atoms with Crippen molar-refractivity contribution >= 4 is 17.3 Å². The van der Waals surface area contributed by atoms with Gasteiger partial charge in [-0.05, 0) is 71.5 Å². The number of ether oxygens (including phenoxy) is 3. The number of rotatable bonds is 19. The second-order valence-corrected chi connectivity index (χ2v) is 10.2. The Labute approximate surface area is 227 Å². The lowest BCUT2D eigenvalue weighted by Crippen LogP contribution is -2.03. The Morgan fingerprint density at radius 2 is 1.22 bits per heavy atom. The first-order valence-corrected chi connectivity index (χ1v) is 14.8.